The molecule has 0 saturated carbocycles. The van der Waals surface area contributed by atoms with Crippen LogP contribution in [-0.4, -0.2) is 11.1 Å². The Labute approximate surface area is 82.2 Å². The molecule has 1 aromatic carbocycles. The summed E-state index contributed by atoms with van der Waals surface area (Å²) in [6.07, 6.45) is -0.0125. The van der Waals surface area contributed by atoms with Gasteiger partial charge in [-0.15, -0.1) is 0 Å². The molecular formula is C10H11ClO2. The molecule has 1 rings (SSSR count). The number of carboxylic acid groups (broad SMARTS) is 1. The Bertz CT molecular complexity index is 345. The van der Waals surface area contributed by atoms with Crippen molar-refractivity contribution >= 4 is 17.6 Å². The minimum atomic E-state index is -0.855. The quantitative estimate of drug-likeness (QED) is 0.793. The molecule has 0 amide bonds. The van der Waals surface area contributed by atoms with Crippen molar-refractivity contribution in [2.75, 3.05) is 0 Å². The lowest BCUT2D eigenvalue weighted by Gasteiger charge is -2.06. The van der Waals surface area contributed by atoms with Gasteiger partial charge >= 0.3 is 5.97 Å². The summed E-state index contributed by atoms with van der Waals surface area (Å²) >= 11 is 5.95. The van der Waals surface area contributed by atoms with Gasteiger partial charge in [0.1, 0.15) is 0 Å². The number of benzene rings is 1. The molecular weight excluding hydrogens is 188 g/mol. The average molecular weight is 199 g/mol. The lowest BCUT2D eigenvalue weighted by Crippen LogP contribution is -2.01. The van der Waals surface area contributed by atoms with Gasteiger partial charge in [0, 0.05) is 5.02 Å². The second kappa shape index (κ2) is 3.79. The van der Waals surface area contributed by atoms with E-state index in [1.165, 1.54) is 0 Å². The molecule has 13 heavy (non-hydrogen) atoms. The molecule has 0 bridgehead atoms. The maximum Gasteiger partial charge on any atom is 0.307 e. The molecule has 0 fully saturated rings. The van der Waals surface area contributed by atoms with Crippen LogP contribution in [-0.2, 0) is 11.2 Å². The van der Waals surface area contributed by atoms with Crippen LogP contribution < -0.4 is 0 Å². The predicted octanol–water partition coefficient (Wildman–Crippen LogP) is 2.58. The lowest BCUT2D eigenvalue weighted by molar-refractivity contribution is -0.136. The first-order chi connectivity index (χ1) is 6.00. The highest BCUT2D eigenvalue weighted by Crippen LogP contribution is 2.22. The zero-order chi connectivity index (χ0) is 10.0. The van der Waals surface area contributed by atoms with Crippen LogP contribution in [0, 0.1) is 13.8 Å². The molecule has 0 saturated heterocycles. The van der Waals surface area contributed by atoms with Crippen molar-refractivity contribution in [2.24, 2.45) is 0 Å². The summed E-state index contributed by atoms with van der Waals surface area (Å²) in [5, 5.41) is 9.18. The van der Waals surface area contributed by atoms with E-state index in [0.29, 0.717) is 10.6 Å². The van der Waals surface area contributed by atoms with Crippen LogP contribution >= 0.6 is 11.6 Å². The Hall–Kier alpha value is -1.02. The Morgan fingerprint density at radius 3 is 2.62 bits per heavy atom. The lowest BCUT2D eigenvalue weighted by atomic mass is 10.1. The van der Waals surface area contributed by atoms with Gasteiger partial charge < -0.3 is 5.11 Å². The zero-order valence-electron chi connectivity index (χ0n) is 7.60. The molecule has 0 aliphatic heterocycles. The molecule has 70 valence electrons. The molecule has 0 radical (unpaired) electrons. The Morgan fingerprint density at radius 1 is 1.46 bits per heavy atom. The SMILES string of the molecule is Cc1cc(C)c(Cl)c(CC(=O)O)c1. The summed E-state index contributed by atoms with van der Waals surface area (Å²) in [6, 6.07) is 3.75. The van der Waals surface area contributed by atoms with Crippen LogP contribution in [0.3, 0.4) is 0 Å². The van der Waals surface area contributed by atoms with Gasteiger partial charge in [0.25, 0.3) is 0 Å². The fourth-order valence-corrected chi connectivity index (χ4v) is 1.51. The van der Waals surface area contributed by atoms with Crippen molar-refractivity contribution in [1.82, 2.24) is 0 Å². The summed E-state index contributed by atoms with van der Waals surface area (Å²) < 4.78 is 0. The number of carboxylic acids is 1. The van der Waals surface area contributed by atoms with Gasteiger partial charge in [-0.2, -0.15) is 0 Å². The van der Waals surface area contributed by atoms with E-state index < -0.39 is 5.97 Å². The summed E-state index contributed by atoms with van der Waals surface area (Å²) in [7, 11) is 0. The Morgan fingerprint density at radius 2 is 2.08 bits per heavy atom. The Kier molecular flexibility index (Phi) is 2.94. The highest BCUT2D eigenvalue weighted by Gasteiger charge is 2.07. The van der Waals surface area contributed by atoms with E-state index in [1.807, 2.05) is 26.0 Å². The van der Waals surface area contributed by atoms with Crippen molar-refractivity contribution in [3.05, 3.63) is 33.8 Å². The Balaban J connectivity index is 3.12. The van der Waals surface area contributed by atoms with E-state index in [9.17, 15) is 4.79 Å². The molecule has 0 aliphatic rings. The van der Waals surface area contributed by atoms with Crippen LogP contribution in [0.4, 0.5) is 0 Å². The van der Waals surface area contributed by atoms with Gasteiger partial charge in [-0.1, -0.05) is 29.3 Å². The maximum absolute atomic E-state index is 10.5. The molecule has 0 unspecified atom stereocenters. The normalized spacial score (nSPS) is 10.1. The minimum Gasteiger partial charge on any atom is -0.481 e. The van der Waals surface area contributed by atoms with E-state index in [0.717, 1.165) is 11.1 Å². The number of carbonyl (C=O) groups is 1. The number of hydrogen-bond donors (Lipinski definition) is 1. The van der Waals surface area contributed by atoms with Crippen LogP contribution in [0.1, 0.15) is 16.7 Å². The summed E-state index contributed by atoms with van der Waals surface area (Å²) in [6.45, 7) is 3.80. The summed E-state index contributed by atoms with van der Waals surface area (Å²) in [5.41, 5.74) is 2.66. The van der Waals surface area contributed by atoms with Crippen molar-refractivity contribution < 1.29 is 9.90 Å². The molecule has 1 N–H and O–H groups in total. The number of aliphatic carboxylic acids is 1. The smallest absolute Gasteiger partial charge is 0.307 e. The molecule has 2 nitrogen and oxygen atoms in total. The van der Waals surface area contributed by atoms with Crippen molar-refractivity contribution in [3.8, 4) is 0 Å². The summed E-state index contributed by atoms with van der Waals surface area (Å²) in [4.78, 5) is 10.5. The van der Waals surface area contributed by atoms with Gasteiger partial charge in [0.2, 0.25) is 0 Å². The molecule has 0 atom stereocenters. The summed E-state index contributed by atoms with van der Waals surface area (Å²) in [5.74, 6) is -0.855. The molecule has 0 aromatic heterocycles. The van der Waals surface area contributed by atoms with Gasteiger partial charge in [-0.05, 0) is 25.0 Å². The number of aryl methyl sites for hydroxylation is 2. The topological polar surface area (TPSA) is 37.3 Å². The van der Waals surface area contributed by atoms with Crippen molar-refractivity contribution in [1.29, 1.82) is 0 Å². The monoisotopic (exact) mass is 198 g/mol. The minimum absolute atomic E-state index is 0.0125. The van der Waals surface area contributed by atoms with E-state index in [-0.39, 0.29) is 6.42 Å². The van der Waals surface area contributed by atoms with Crippen LogP contribution in [0.2, 0.25) is 5.02 Å². The van der Waals surface area contributed by atoms with Crippen LogP contribution in [0.15, 0.2) is 12.1 Å². The number of rotatable bonds is 2. The van der Waals surface area contributed by atoms with Crippen LogP contribution in [0.25, 0.3) is 0 Å². The highest BCUT2D eigenvalue weighted by molar-refractivity contribution is 6.32. The first kappa shape index (κ1) is 10.1. The second-order valence-corrected chi connectivity index (χ2v) is 3.50. The predicted molar refractivity (Wildman–Crippen MR) is 52.3 cm³/mol. The van der Waals surface area contributed by atoms with E-state index in [1.54, 1.807) is 0 Å². The fourth-order valence-electron chi connectivity index (χ4n) is 1.33. The highest BCUT2D eigenvalue weighted by atomic mass is 35.5. The molecule has 0 aliphatic carbocycles. The third kappa shape index (κ3) is 2.46. The van der Waals surface area contributed by atoms with Gasteiger partial charge in [0.15, 0.2) is 0 Å². The van der Waals surface area contributed by atoms with E-state index >= 15 is 0 Å². The first-order valence-electron chi connectivity index (χ1n) is 3.98. The van der Waals surface area contributed by atoms with Crippen molar-refractivity contribution in [3.63, 3.8) is 0 Å². The van der Waals surface area contributed by atoms with Crippen LogP contribution in [0.5, 0.6) is 0 Å². The first-order valence-corrected chi connectivity index (χ1v) is 4.36. The molecule has 0 spiro atoms. The van der Waals surface area contributed by atoms with Gasteiger partial charge in [0.05, 0.1) is 6.42 Å². The molecule has 1 aromatic rings. The molecule has 0 heterocycles. The van der Waals surface area contributed by atoms with E-state index in [2.05, 4.69) is 0 Å². The van der Waals surface area contributed by atoms with Crippen molar-refractivity contribution in [2.45, 2.75) is 20.3 Å². The third-order valence-corrected chi connectivity index (χ3v) is 2.36. The van der Waals surface area contributed by atoms with Gasteiger partial charge in [-0.3, -0.25) is 4.79 Å². The fraction of sp³-hybridized carbons (Fsp3) is 0.300. The second-order valence-electron chi connectivity index (χ2n) is 3.13. The molecule has 3 heteroatoms. The number of halogens is 1. The zero-order valence-corrected chi connectivity index (χ0v) is 8.35. The van der Waals surface area contributed by atoms with E-state index in [4.69, 9.17) is 16.7 Å². The number of hydrogen-bond acceptors (Lipinski definition) is 1. The standard InChI is InChI=1S/C10H11ClO2/c1-6-3-7(2)10(11)8(4-6)5-9(12)13/h3-4H,5H2,1-2H3,(H,12,13). The van der Waals surface area contributed by atoms with Gasteiger partial charge in [-0.25, -0.2) is 0 Å². The third-order valence-electron chi connectivity index (χ3n) is 1.82. The maximum atomic E-state index is 10.5. The largest absolute Gasteiger partial charge is 0.481 e. The average Bonchev–Trinajstić information content (AvgIpc) is 1.98.